The van der Waals surface area contributed by atoms with Crippen LogP contribution in [0.25, 0.3) is 0 Å². The van der Waals surface area contributed by atoms with Crippen LogP contribution in [0.15, 0.2) is 47.4 Å². The molecule has 1 saturated heterocycles. The number of anilines is 2. The van der Waals surface area contributed by atoms with Crippen molar-refractivity contribution >= 4 is 33.3 Å². The zero-order valence-electron chi connectivity index (χ0n) is 19.5. The number of methoxy groups -OCH3 is 1. The standard InChI is InChI=1S/C24H31N3O6S/c1-3-15-33-24(29)18-7-9-19(10-8-18)25-17-23(28)26-21-16-20(11-12-22(21)32-2)34(30,31)27-13-5-4-6-14-27/h7-12,16,25H,3-6,13-15,17H2,1-2H3,(H,26,28). The molecule has 0 aromatic heterocycles. The highest BCUT2D eigenvalue weighted by Crippen LogP contribution is 2.30. The molecular formula is C24H31N3O6S. The highest BCUT2D eigenvalue weighted by molar-refractivity contribution is 7.89. The lowest BCUT2D eigenvalue weighted by molar-refractivity contribution is -0.114. The van der Waals surface area contributed by atoms with Gasteiger partial charge in [-0.3, -0.25) is 4.79 Å². The van der Waals surface area contributed by atoms with Crippen LogP contribution < -0.4 is 15.4 Å². The summed E-state index contributed by atoms with van der Waals surface area (Å²) in [5, 5.41) is 5.69. The number of carbonyl (C=O) groups excluding carboxylic acids is 2. The van der Waals surface area contributed by atoms with Crippen molar-refractivity contribution in [2.24, 2.45) is 0 Å². The Morgan fingerprint density at radius 2 is 1.74 bits per heavy atom. The second-order valence-corrected chi connectivity index (χ2v) is 9.88. The van der Waals surface area contributed by atoms with Gasteiger partial charge in [-0.05, 0) is 61.7 Å². The normalized spacial score (nSPS) is 14.3. The van der Waals surface area contributed by atoms with Gasteiger partial charge in [-0.2, -0.15) is 4.31 Å². The van der Waals surface area contributed by atoms with Gasteiger partial charge in [-0.1, -0.05) is 13.3 Å². The molecule has 1 aliphatic heterocycles. The number of sulfonamides is 1. The molecule has 1 aliphatic rings. The first-order valence-corrected chi connectivity index (χ1v) is 12.8. The first-order valence-electron chi connectivity index (χ1n) is 11.3. The van der Waals surface area contributed by atoms with E-state index in [0.29, 0.717) is 36.7 Å². The number of piperidine rings is 1. The summed E-state index contributed by atoms with van der Waals surface area (Å²) in [5.41, 5.74) is 1.36. The number of benzene rings is 2. The number of ether oxygens (including phenoxy) is 2. The van der Waals surface area contributed by atoms with Crippen molar-refractivity contribution in [2.45, 2.75) is 37.5 Å². The van der Waals surface area contributed by atoms with Crippen molar-refractivity contribution in [2.75, 3.05) is 44.0 Å². The van der Waals surface area contributed by atoms with Crippen LogP contribution in [0.2, 0.25) is 0 Å². The van der Waals surface area contributed by atoms with E-state index in [2.05, 4.69) is 10.6 Å². The van der Waals surface area contributed by atoms with Crippen molar-refractivity contribution in [1.82, 2.24) is 4.31 Å². The minimum Gasteiger partial charge on any atom is -0.495 e. The van der Waals surface area contributed by atoms with E-state index in [1.165, 1.54) is 29.6 Å². The predicted molar refractivity (Wildman–Crippen MR) is 130 cm³/mol. The van der Waals surface area contributed by atoms with Crippen molar-refractivity contribution in [3.05, 3.63) is 48.0 Å². The lowest BCUT2D eigenvalue weighted by Crippen LogP contribution is -2.35. The largest absolute Gasteiger partial charge is 0.495 e. The molecule has 0 aliphatic carbocycles. The van der Waals surface area contributed by atoms with E-state index < -0.39 is 16.0 Å². The molecule has 1 fully saturated rings. The Bertz CT molecular complexity index is 1100. The maximum absolute atomic E-state index is 13.0. The predicted octanol–water partition coefficient (Wildman–Crippen LogP) is 3.49. The summed E-state index contributed by atoms with van der Waals surface area (Å²) in [6.45, 7) is 3.21. The zero-order valence-corrected chi connectivity index (χ0v) is 20.3. The lowest BCUT2D eigenvalue weighted by atomic mass is 10.2. The Morgan fingerprint density at radius 1 is 1.03 bits per heavy atom. The van der Waals surface area contributed by atoms with Gasteiger partial charge < -0.3 is 20.1 Å². The molecule has 34 heavy (non-hydrogen) atoms. The van der Waals surface area contributed by atoms with Crippen LogP contribution in [-0.4, -0.2) is 58.0 Å². The molecule has 1 amide bonds. The zero-order chi connectivity index (χ0) is 24.6. The van der Waals surface area contributed by atoms with Gasteiger partial charge in [0.2, 0.25) is 15.9 Å². The minimum atomic E-state index is -3.64. The van der Waals surface area contributed by atoms with Crippen LogP contribution in [0.4, 0.5) is 11.4 Å². The molecule has 2 aromatic rings. The van der Waals surface area contributed by atoms with Crippen LogP contribution in [0.1, 0.15) is 43.0 Å². The van der Waals surface area contributed by atoms with Gasteiger partial charge in [0.25, 0.3) is 0 Å². The highest BCUT2D eigenvalue weighted by Gasteiger charge is 2.27. The Morgan fingerprint density at radius 3 is 2.38 bits per heavy atom. The summed E-state index contributed by atoms with van der Waals surface area (Å²) in [6.07, 6.45) is 3.45. The van der Waals surface area contributed by atoms with Gasteiger partial charge in [0.1, 0.15) is 5.75 Å². The number of rotatable bonds is 10. The molecule has 0 unspecified atom stereocenters. The summed E-state index contributed by atoms with van der Waals surface area (Å²) in [4.78, 5) is 24.5. The molecule has 184 valence electrons. The van der Waals surface area contributed by atoms with E-state index in [0.717, 1.165) is 25.7 Å². The van der Waals surface area contributed by atoms with Crippen molar-refractivity contribution in [3.8, 4) is 5.75 Å². The molecule has 0 bridgehead atoms. The highest BCUT2D eigenvalue weighted by atomic mass is 32.2. The van der Waals surface area contributed by atoms with Crippen molar-refractivity contribution < 1.29 is 27.5 Å². The summed E-state index contributed by atoms with van der Waals surface area (Å²) in [6, 6.07) is 11.1. The first-order chi connectivity index (χ1) is 16.3. The number of hydrogen-bond acceptors (Lipinski definition) is 7. The third kappa shape index (κ3) is 6.48. The van der Waals surface area contributed by atoms with Gasteiger partial charge in [-0.25, -0.2) is 13.2 Å². The molecule has 3 rings (SSSR count). The molecular weight excluding hydrogens is 458 g/mol. The number of esters is 1. The third-order valence-electron chi connectivity index (χ3n) is 5.41. The third-order valence-corrected chi connectivity index (χ3v) is 7.30. The van der Waals surface area contributed by atoms with E-state index in [9.17, 15) is 18.0 Å². The van der Waals surface area contributed by atoms with Gasteiger partial charge in [0.05, 0.1) is 36.4 Å². The Kier molecular flexibility index (Phi) is 8.89. The van der Waals surface area contributed by atoms with E-state index in [4.69, 9.17) is 9.47 Å². The number of nitrogens with zero attached hydrogens (tertiary/aromatic N) is 1. The van der Waals surface area contributed by atoms with Crippen LogP contribution in [0.3, 0.4) is 0 Å². The van der Waals surface area contributed by atoms with Crippen LogP contribution in [0, 0.1) is 0 Å². The molecule has 9 nitrogen and oxygen atoms in total. The van der Waals surface area contributed by atoms with Gasteiger partial charge in [0, 0.05) is 18.8 Å². The fraction of sp³-hybridized carbons (Fsp3) is 0.417. The van der Waals surface area contributed by atoms with E-state index in [1.807, 2.05) is 6.92 Å². The second-order valence-electron chi connectivity index (χ2n) is 7.94. The van der Waals surface area contributed by atoms with Gasteiger partial charge in [0.15, 0.2) is 0 Å². The fourth-order valence-electron chi connectivity index (χ4n) is 3.58. The van der Waals surface area contributed by atoms with Gasteiger partial charge in [-0.15, -0.1) is 0 Å². The van der Waals surface area contributed by atoms with E-state index in [-0.39, 0.29) is 23.0 Å². The average Bonchev–Trinajstić information content (AvgIpc) is 2.86. The summed E-state index contributed by atoms with van der Waals surface area (Å²) in [7, 11) is -2.19. The average molecular weight is 490 g/mol. The first kappa shape index (κ1) is 25.5. The van der Waals surface area contributed by atoms with E-state index >= 15 is 0 Å². The van der Waals surface area contributed by atoms with Crippen LogP contribution in [-0.2, 0) is 19.6 Å². The van der Waals surface area contributed by atoms with Crippen molar-refractivity contribution in [3.63, 3.8) is 0 Å². The summed E-state index contributed by atoms with van der Waals surface area (Å²) >= 11 is 0. The fourth-order valence-corrected chi connectivity index (χ4v) is 5.12. The van der Waals surface area contributed by atoms with Crippen LogP contribution in [0.5, 0.6) is 5.75 Å². The topological polar surface area (TPSA) is 114 Å². The number of amides is 1. The summed E-state index contributed by atoms with van der Waals surface area (Å²) < 4.78 is 37.9. The number of hydrogen-bond donors (Lipinski definition) is 2. The molecule has 0 saturated carbocycles. The quantitative estimate of drug-likeness (QED) is 0.491. The molecule has 10 heteroatoms. The van der Waals surface area contributed by atoms with Gasteiger partial charge >= 0.3 is 5.97 Å². The maximum atomic E-state index is 13.0. The number of nitrogens with one attached hydrogen (secondary N) is 2. The molecule has 1 heterocycles. The lowest BCUT2D eigenvalue weighted by Gasteiger charge is -2.26. The van der Waals surface area contributed by atoms with Crippen molar-refractivity contribution in [1.29, 1.82) is 0 Å². The van der Waals surface area contributed by atoms with Crippen LogP contribution >= 0.6 is 0 Å². The Hall–Kier alpha value is -3.11. The van der Waals surface area contributed by atoms with E-state index in [1.54, 1.807) is 24.3 Å². The molecule has 2 N–H and O–H groups in total. The molecule has 0 atom stereocenters. The molecule has 2 aromatic carbocycles. The number of carbonyl (C=O) groups is 2. The maximum Gasteiger partial charge on any atom is 0.338 e. The SMILES string of the molecule is CCCOC(=O)c1ccc(NCC(=O)Nc2cc(S(=O)(=O)N3CCCCC3)ccc2OC)cc1. The molecule has 0 spiro atoms. The summed E-state index contributed by atoms with van der Waals surface area (Å²) in [5.74, 6) is -0.407. The monoisotopic (exact) mass is 489 g/mol. The minimum absolute atomic E-state index is 0.0636. The molecule has 0 radical (unpaired) electrons. The smallest absolute Gasteiger partial charge is 0.338 e. The Labute approximate surface area is 200 Å². The Balaban J connectivity index is 1.63. The second kappa shape index (κ2) is 11.8.